The molecule has 0 radical (unpaired) electrons. The largest absolute Gasteiger partial charge is 0.497 e. The zero-order valence-corrected chi connectivity index (χ0v) is 27.2. The lowest BCUT2D eigenvalue weighted by molar-refractivity contribution is -0.121. The van der Waals surface area contributed by atoms with Crippen molar-refractivity contribution in [3.63, 3.8) is 0 Å². The summed E-state index contributed by atoms with van der Waals surface area (Å²) in [6.07, 6.45) is 17.2. The quantitative estimate of drug-likeness (QED) is 0.176. The Kier molecular flexibility index (Phi) is 20.0. The maximum atomic E-state index is 12.1. The van der Waals surface area contributed by atoms with E-state index in [1.54, 1.807) is 19.7 Å². The Morgan fingerprint density at radius 3 is 2.36 bits per heavy atom. The summed E-state index contributed by atoms with van der Waals surface area (Å²) in [6.45, 7) is 9.74. The van der Waals surface area contributed by atoms with Crippen LogP contribution in [0.1, 0.15) is 70.3 Å². The lowest BCUT2D eigenvalue weighted by Gasteiger charge is -2.08. The molecule has 42 heavy (non-hydrogen) atoms. The Morgan fingerprint density at radius 1 is 0.952 bits per heavy atom. The summed E-state index contributed by atoms with van der Waals surface area (Å²) in [6, 6.07) is 18.1. The number of hydrogen-bond donors (Lipinski definition) is 2. The van der Waals surface area contributed by atoms with Gasteiger partial charge in [-0.15, -0.1) is 10.2 Å². The van der Waals surface area contributed by atoms with Gasteiger partial charge in [0.25, 0.3) is 0 Å². The number of nitrogens with zero attached hydrogens (tertiary/aromatic N) is 3. The molecule has 2 aromatic carbocycles. The minimum atomic E-state index is 0.0753. The van der Waals surface area contributed by atoms with Gasteiger partial charge in [0.15, 0.2) is 0 Å². The first-order valence-corrected chi connectivity index (χ1v) is 15.7. The van der Waals surface area contributed by atoms with Crippen LogP contribution in [0.15, 0.2) is 96.4 Å². The van der Waals surface area contributed by atoms with Crippen LogP contribution in [0.25, 0.3) is 0 Å². The highest BCUT2D eigenvalue weighted by molar-refractivity contribution is 7.79. The molecule has 0 bridgehead atoms. The van der Waals surface area contributed by atoms with Gasteiger partial charge in [-0.2, -0.15) is 12.6 Å². The number of aromatic nitrogens is 3. The standard InChI is InChI=1S/C23H28N4O2.C9H12.C2H6.CH4S/c1-29-21-13-11-20(12-14-21)17-24-23(28)10-6-5-9-22-26-25-18-27(22)16-15-19-7-3-2-4-8-19;1-8-6-4-3-5-7-9(8)2;2*1-2/h2-4,7-8,11-14,18H,5-6,9-10,15-17H2,1H3,(H,24,28);3-6H,7H2,1-2H3;1-2H3;2H,1H3. The van der Waals surface area contributed by atoms with Gasteiger partial charge in [-0.25, -0.2) is 0 Å². The molecule has 0 atom stereocenters. The lowest BCUT2D eigenvalue weighted by atomic mass is 10.1. The molecular weight excluding hydrogens is 540 g/mol. The van der Waals surface area contributed by atoms with E-state index in [1.807, 2.05) is 44.2 Å². The van der Waals surface area contributed by atoms with E-state index in [-0.39, 0.29) is 5.91 Å². The third kappa shape index (κ3) is 14.9. The number of aryl methyl sites for hydroxylation is 3. The molecule has 4 rings (SSSR count). The minimum Gasteiger partial charge on any atom is -0.497 e. The van der Waals surface area contributed by atoms with Crippen molar-refractivity contribution in [2.24, 2.45) is 0 Å². The van der Waals surface area contributed by atoms with Crippen LogP contribution in [0.5, 0.6) is 5.75 Å². The fraction of sp³-hybridized carbons (Fsp3) is 0.400. The summed E-state index contributed by atoms with van der Waals surface area (Å²) in [5.41, 5.74) is 5.24. The van der Waals surface area contributed by atoms with Gasteiger partial charge in [0.05, 0.1) is 7.11 Å². The smallest absolute Gasteiger partial charge is 0.220 e. The van der Waals surface area contributed by atoms with Crippen LogP contribution in [-0.4, -0.2) is 34.0 Å². The van der Waals surface area contributed by atoms with E-state index < -0.39 is 0 Å². The van der Waals surface area contributed by atoms with Crippen LogP contribution >= 0.6 is 12.6 Å². The molecule has 0 saturated heterocycles. The van der Waals surface area contributed by atoms with E-state index in [9.17, 15) is 4.79 Å². The number of benzene rings is 2. The maximum absolute atomic E-state index is 12.1. The maximum Gasteiger partial charge on any atom is 0.220 e. The molecule has 1 aliphatic rings. The molecule has 0 aliphatic heterocycles. The van der Waals surface area contributed by atoms with Crippen LogP contribution in [-0.2, 0) is 30.7 Å². The summed E-state index contributed by atoms with van der Waals surface area (Å²) in [5, 5.41) is 11.3. The zero-order chi connectivity index (χ0) is 31.0. The molecule has 7 heteroatoms. The number of nitrogens with one attached hydrogen (secondary N) is 1. The topological polar surface area (TPSA) is 69.0 Å². The molecule has 0 fully saturated rings. The summed E-state index contributed by atoms with van der Waals surface area (Å²) in [4.78, 5) is 12.1. The number of ether oxygens (including phenoxy) is 1. The molecule has 3 aromatic rings. The van der Waals surface area contributed by atoms with E-state index in [0.717, 1.165) is 55.8 Å². The Morgan fingerprint density at radius 2 is 1.67 bits per heavy atom. The Labute approximate surface area is 259 Å². The average Bonchev–Trinajstić information content (AvgIpc) is 3.42. The molecule has 1 aromatic heterocycles. The van der Waals surface area contributed by atoms with Crippen molar-refractivity contribution in [1.82, 2.24) is 20.1 Å². The van der Waals surface area contributed by atoms with Crippen molar-refractivity contribution in [3.8, 4) is 5.75 Å². The highest BCUT2D eigenvalue weighted by Gasteiger charge is 2.06. The number of amides is 1. The second kappa shape index (κ2) is 23.0. The molecule has 228 valence electrons. The fourth-order valence-electron chi connectivity index (χ4n) is 3.98. The van der Waals surface area contributed by atoms with Gasteiger partial charge >= 0.3 is 0 Å². The monoisotopic (exact) mass is 590 g/mol. The van der Waals surface area contributed by atoms with Gasteiger partial charge in [0, 0.05) is 25.9 Å². The van der Waals surface area contributed by atoms with Crippen molar-refractivity contribution in [2.75, 3.05) is 13.4 Å². The Balaban J connectivity index is 0.000000569. The summed E-state index contributed by atoms with van der Waals surface area (Å²) < 4.78 is 7.25. The van der Waals surface area contributed by atoms with Crippen LogP contribution in [0.4, 0.5) is 0 Å². The number of thiol groups is 1. The number of unbranched alkanes of at least 4 members (excludes halogenated alkanes) is 1. The van der Waals surface area contributed by atoms with E-state index in [4.69, 9.17) is 4.74 Å². The third-order valence-electron chi connectivity index (χ3n) is 6.57. The predicted octanol–water partition coefficient (Wildman–Crippen LogP) is 7.97. The molecule has 1 heterocycles. The fourth-order valence-corrected chi connectivity index (χ4v) is 3.98. The molecular formula is C35H50N4O2S. The highest BCUT2D eigenvalue weighted by Crippen LogP contribution is 2.13. The van der Waals surface area contributed by atoms with Crippen molar-refractivity contribution < 1.29 is 9.53 Å². The Hall–Kier alpha value is -3.58. The van der Waals surface area contributed by atoms with Gasteiger partial charge in [0.1, 0.15) is 17.9 Å². The van der Waals surface area contributed by atoms with Crippen molar-refractivity contribution in [1.29, 1.82) is 0 Å². The van der Waals surface area contributed by atoms with Crippen molar-refractivity contribution >= 4 is 18.5 Å². The van der Waals surface area contributed by atoms with Crippen LogP contribution < -0.4 is 10.1 Å². The highest BCUT2D eigenvalue weighted by atomic mass is 32.1. The molecule has 1 N–H and O–H groups in total. The van der Waals surface area contributed by atoms with Gasteiger partial charge in [-0.05, 0) is 69.0 Å². The number of allylic oxidation sites excluding steroid dienone is 6. The minimum absolute atomic E-state index is 0.0753. The van der Waals surface area contributed by atoms with E-state index in [2.05, 4.69) is 95.1 Å². The van der Waals surface area contributed by atoms with Gasteiger partial charge < -0.3 is 14.6 Å². The second-order valence-electron chi connectivity index (χ2n) is 9.46. The SMILES string of the molecule is CC.CC1=C(C)CC=CC=C1.COc1ccc(CNC(=O)CCCCc2nncn2CCc2ccccc2)cc1.CS. The van der Waals surface area contributed by atoms with Crippen molar-refractivity contribution in [3.05, 3.63) is 113 Å². The van der Waals surface area contributed by atoms with Crippen LogP contribution in [0.3, 0.4) is 0 Å². The van der Waals surface area contributed by atoms with E-state index in [1.165, 1.54) is 16.7 Å². The number of methoxy groups -OCH3 is 1. The molecule has 1 amide bonds. The number of hydrogen-bond acceptors (Lipinski definition) is 5. The number of carbonyl (C=O) groups is 1. The first-order chi connectivity index (χ1) is 20.5. The molecule has 1 aliphatic carbocycles. The van der Waals surface area contributed by atoms with E-state index in [0.29, 0.717) is 13.0 Å². The van der Waals surface area contributed by atoms with Gasteiger partial charge in [0.2, 0.25) is 5.91 Å². The van der Waals surface area contributed by atoms with Crippen LogP contribution in [0, 0.1) is 0 Å². The van der Waals surface area contributed by atoms with Crippen molar-refractivity contribution in [2.45, 2.75) is 79.3 Å². The Bertz CT molecular complexity index is 1220. The first kappa shape index (κ1) is 36.4. The zero-order valence-electron chi connectivity index (χ0n) is 26.3. The third-order valence-corrected chi connectivity index (χ3v) is 6.57. The summed E-state index contributed by atoms with van der Waals surface area (Å²) in [5.74, 6) is 1.88. The molecule has 0 spiro atoms. The summed E-state index contributed by atoms with van der Waals surface area (Å²) in [7, 11) is 1.64. The van der Waals surface area contributed by atoms with E-state index >= 15 is 0 Å². The molecule has 6 nitrogen and oxygen atoms in total. The normalized spacial score (nSPS) is 11.6. The second-order valence-corrected chi connectivity index (χ2v) is 9.46. The number of rotatable bonds is 11. The first-order valence-electron chi connectivity index (χ1n) is 14.8. The number of carbonyl (C=O) groups excluding carboxylic acids is 1. The van der Waals surface area contributed by atoms with Gasteiger partial charge in [-0.3, -0.25) is 4.79 Å². The average molecular weight is 591 g/mol. The predicted molar refractivity (Wildman–Crippen MR) is 180 cm³/mol. The molecule has 0 saturated carbocycles. The van der Waals surface area contributed by atoms with Crippen LogP contribution in [0.2, 0.25) is 0 Å². The lowest BCUT2D eigenvalue weighted by Crippen LogP contribution is -2.22. The summed E-state index contributed by atoms with van der Waals surface area (Å²) >= 11 is 3.53. The van der Waals surface area contributed by atoms with Gasteiger partial charge in [-0.1, -0.05) is 91.8 Å². The molecule has 0 unspecified atom stereocenters.